The number of nitrogens with zero attached hydrogens (tertiary/aromatic N) is 5. The minimum absolute atomic E-state index is 0.248. The maximum Gasteiger partial charge on any atom is 0.416 e. The Balaban J connectivity index is 1.29. The van der Waals surface area contributed by atoms with Gasteiger partial charge in [0.2, 0.25) is 0 Å². The highest BCUT2D eigenvalue weighted by molar-refractivity contribution is 5.99. The fourth-order valence-electron chi connectivity index (χ4n) is 4.84. The molecular weight excluding hydrogens is 443 g/mol. The summed E-state index contributed by atoms with van der Waals surface area (Å²) in [6.45, 7) is 4.93. The quantitative estimate of drug-likeness (QED) is 0.622. The zero-order valence-electron chi connectivity index (χ0n) is 18.9. The van der Waals surface area contributed by atoms with Crippen LogP contribution in [-0.2, 0) is 12.7 Å². The summed E-state index contributed by atoms with van der Waals surface area (Å²) < 4.78 is 39.1. The molecule has 180 valence electrons. The zero-order valence-corrected chi connectivity index (χ0v) is 18.9. The van der Waals surface area contributed by atoms with Crippen LogP contribution in [0.3, 0.4) is 0 Å². The van der Waals surface area contributed by atoms with Gasteiger partial charge in [-0.25, -0.2) is 0 Å². The van der Waals surface area contributed by atoms with Gasteiger partial charge in [0.05, 0.1) is 11.7 Å². The van der Waals surface area contributed by atoms with Crippen LogP contribution in [0.15, 0.2) is 48.5 Å². The van der Waals surface area contributed by atoms with Crippen molar-refractivity contribution in [1.82, 2.24) is 15.1 Å². The van der Waals surface area contributed by atoms with E-state index in [0.29, 0.717) is 12.1 Å². The van der Waals surface area contributed by atoms with E-state index in [1.807, 2.05) is 12.1 Å². The number of piperazine rings is 1. The second kappa shape index (κ2) is 9.38. The minimum atomic E-state index is -4.32. The highest BCUT2D eigenvalue weighted by atomic mass is 19.4. The van der Waals surface area contributed by atoms with E-state index < -0.39 is 11.7 Å². The second-order valence-corrected chi connectivity index (χ2v) is 9.07. The van der Waals surface area contributed by atoms with Crippen LogP contribution < -0.4 is 9.80 Å². The lowest BCUT2D eigenvalue weighted by atomic mass is 10.1. The van der Waals surface area contributed by atoms with Crippen LogP contribution in [0.5, 0.6) is 0 Å². The number of rotatable bonds is 4. The minimum Gasteiger partial charge on any atom is -0.393 e. The highest BCUT2D eigenvalue weighted by Gasteiger charge is 2.30. The van der Waals surface area contributed by atoms with Gasteiger partial charge in [0.15, 0.2) is 11.6 Å². The van der Waals surface area contributed by atoms with Crippen molar-refractivity contribution in [3.05, 3.63) is 59.7 Å². The molecule has 5 rings (SSSR count). The average Bonchev–Trinajstić information content (AvgIpc) is 2.84. The third-order valence-corrected chi connectivity index (χ3v) is 6.74. The Morgan fingerprint density at radius 1 is 0.794 bits per heavy atom. The van der Waals surface area contributed by atoms with Crippen molar-refractivity contribution >= 4 is 22.4 Å². The molecule has 34 heavy (non-hydrogen) atoms. The van der Waals surface area contributed by atoms with Crippen molar-refractivity contribution < 1.29 is 18.3 Å². The van der Waals surface area contributed by atoms with Gasteiger partial charge in [-0.2, -0.15) is 13.2 Å². The topological polar surface area (TPSA) is 55.7 Å². The van der Waals surface area contributed by atoms with Crippen LogP contribution in [0.25, 0.3) is 10.8 Å². The van der Waals surface area contributed by atoms with Gasteiger partial charge in [0.1, 0.15) is 0 Å². The Hall–Kier alpha value is -2.91. The average molecular weight is 472 g/mol. The molecule has 0 radical (unpaired) electrons. The number of halogens is 3. The molecule has 2 aliphatic heterocycles. The van der Waals surface area contributed by atoms with Crippen molar-refractivity contribution in [2.24, 2.45) is 0 Å². The van der Waals surface area contributed by atoms with E-state index in [0.717, 1.165) is 80.6 Å². The fourth-order valence-corrected chi connectivity index (χ4v) is 4.84. The molecule has 0 amide bonds. The van der Waals surface area contributed by atoms with Gasteiger partial charge in [0.25, 0.3) is 0 Å². The van der Waals surface area contributed by atoms with Crippen LogP contribution in [-0.4, -0.2) is 65.6 Å². The van der Waals surface area contributed by atoms with E-state index in [1.165, 1.54) is 12.1 Å². The largest absolute Gasteiger partial charge is 0.416 e. The summed E-state index contributed by atoms with van der Waals surface area (Å²) in [6.07, 6.45) is -3.12. The molecule has 3 heterocycles. The standard InChI is InChI=1S/C25H28F3N5O/c26-25(27,28)19-5-3-4-18(16-19)17-31-12-14-33(15-13-31)24-22-7-2-1-6-21(22)23(29-30-24)32-10-8-20(34)9-11-32/h1-7,16,20,34H,8-15,17H2. The molecule has 0 saturated carbocycles. The van der Waals surface area contributed by atoms with Crippen molar-refractivity contribution in [3.8, 4) is 0 Å². The number of piperidine rings is 1. The third-order valence-electron chi connectivity index (χ3n) is 6.74. The van der Waals surface area contributed by atoms with Crippen LogP contribution in [0.1, 0.15) is 24.0 Å². The van der Waals surface area contributed by atoms with E-state index >= 15 is 0 Å². The van der Waals surface area contributed by atoms with Crippen LogP contribution in [0, 0.1) is 0 Å². The maximum absolute atomic E-state index is 13.0. The van der Waals surface area contributed by atoms with Crippen LogP contribution in [0.4, 0.5) is 24.8 Å². The Bertz CT molecular complexity index is 1140. The van der Waals surface area contributed by atoms with Crippen LogP contribution >= 0.6 is 0 Å². The Kier molecular flexibility index (Phi) is 6.31. The van der Waals surface area contributed by atoms with Gasteiger partial charge in [-0.1, -0.05) is 42.5 Å². The first-order chi connectivity index (χ1) is 16.4. The Morgan fingerprint density at radius 2 is 1.38 bits per heavy atom. The zero-order chi connectivity index (χ0) is 23.7. The summed E-state index contributed by atoms with van der Waals surface area (Å²) in [5, 5.41) is 21.1. The van der Waals surface area contributed by atoms with Crippen molar-refractivity contribution in [2.75, 3.05) is 49.1 Å². The molecule has 0 atom stereocenters. The van der Waals surface area contributed by atoms with Gasteiger partial charge >= 0.3 is 6.18 Å². The maximum atomic E-state index is 13.0. The summed E-state index contributed by atoms with van der Waals surface area (Å²) in [5.41, 5.74) is 0.0678. The Morgan fingerprint density at radius 3 is 1.97 bits per heavy atom. The predicted octanol–water partition coefficient (Wildman–Crippen LogP) is 3.93. The molecule has 2 fully saturated rings. The lowest BCUT2D eigenvalue weighted by Crippen LogP contribution is -2.46. The molecule has 2 aliphatic rings. The van der Waals surface area contributed by atoms with E-state index in [-0.39, 0.29) is 6.10 Å². The number of aromatic nitrogens is 2. The van der Waals surface area contributed by atoms with Crippen LogP contribution in [0.2, 0.25) is 0 Å². The summed E-state index contributed by atoms with van der Waals surface area (Å²) in [7, 11) is 0. The van der Waals surface area contributed by atoms with Crippen molar-refractivity contribution in [1.29, 1.82) is 0 Å². The van der Waals surface area contributed by atoms with Gasteiger partial charge in [-0.05, 0) is 24.5 Å². The molecule has 1 aromatic heterocycles. The van der Waals surface area contributed by atoms with E-state index in [1.54, 1.807) is 6.07 Å². The molecule has 0 unspecified atom stereocenters. The first-order valence-electron chi connectivity index (χ1n) is 11.7. The van der Waals surface area contributed by atoms with Crippen molar-refractivity contribution in [2.45, 2.75) is 31.7 Å². The second-order valence-electron chi connectivity index (χ2n) is 9.07. The fraction of sp³-hybridized carbons (Fsp3) is 0.440. The van der Waals surface area contributed by atoms with Gasteiger partial charge in [-0.3, -0.25) is 4.90 Å². The Labute approximate surface area is 196 Å². The van der Waals surface area contributed by atoms with E-state index in [4.69, 9.17) is 0 Å². The third kappa shape index (κ3) is 4.81. The smallest absolute Gasteiger partial charge is 0.393 e. The molecule has 2 aromatic carbocycles. The molecule has 1 N–H and O–H groups in total. The summed E-state index contributed by atoms with van der Waals surface area (Å²) in [6, 6.07) is 13.7. The summed E-state index contributed by atoms with van der Waals surface area (Å²) in [4.78, 5) is 6.58. The van der Waals surface area contributed by atoms with Gasteiger partial charge < -0.3 is 14.9 Å². The summed E-state index contributed by atoms with van der Waals surface area (Å²) in [5.74, 6) is 1.70. The van der Waals surface area contributed by atoms with Gasteiger partial charge in [-0.15, -0.1) is 10.2 Å². The normalized spacial score (nSPS) is 18.6. The molecule has 0 bridgehead atoms. The number of fused-ring (bicyclic) bond motifs is 1. The monoisotopic (exact) mass is 471 g/mol. The molecule has 2 saturated heterocycles. The lowest BCUT2D eigenvalue weighted by molar-refractivity contribution is -0.137. The molecule has 0 spiro atoms. The number of benzene rings is 2. The number of aliphatic hydroxyl groups is 1. The number of alkyl halides is 3. The van der Waals surface area contributed by atoms with E-state index in [9.17, 15) is 18.3 Å². The number of hydrogen-bond acceptors (Lipinski definition) is 6. The SMILES string of the molecule is OC1CCN(c2nnc(N3CCN(Cc4cccc(C(F)(F)F)c4)CC3)c3ccccc23)CC1. The molecular formula is C25H28F3N5O. The van der Waals surface area contributed by atoms with Gasteiger partial charge in [0, 0.05) is 56.6 Å². The molecule has 3 aromatic rings. The molecule has 6 nitrogen and oxygen atoms in total. The summed E-state index contributed by atoms with van der Waals surface area (Å²) >= 11 is 0. The first-order valence-corrected chi connectivity index (χ1v) is 11.7. The number of hydrogen-bond donors (Lipinski definition) is 1. The molecule has 0 aliphatic carbocycles. The van der Waals surface area contributed by atoms with Crippen molar-refractivity contribution in [3.63, 3.8) is 0 Å². The molecule has 9 heteroatoms. The first kappa shape index (κ1) is 22.9. The highest BCUT2D eigenvalue weighted by Crippen LogP contribution is 2.33. The van der Waals surface area contributed by atoms with E-state index in [2.05, 4.69) is 37.0 Å². The number of aliphatic hydroxyl groups excluding tert-OH is 1. The lowest BCUT2D eigenvalue weighted by Gasteiger charge is -2.36. The predicted molar refractivity (Wildman–Crippen MR) is 126 cm³/mol. The number of anilines is 2.